The molecule has 1 aromatic heterocycles. The van der Waals surface area contributed by atoms with E-state index in [1.807, 2.05) is 19.1 Å². The molecule has 0 saturated carbocycles. The van der Waals surface area contributed by atoms with Crippen LogP contribution in [0, 0.1) is 0 Å². The van der Waals surface area contributed by atoms with Crippen LogP contribution in [0.25, 0.3) is 11.4 Å². The molecule has 29 heavy (non-hydrogen) atoms. The van der Waals surface area contributed by atoms with Gasteiger partial charge in [0, 0.05) is 43.0 Å². The van der Waals surface area contributed by atoms with Crippen molar-refractivity contribution >= 4 is 23.4 Å². The highest BCUT2D eigenvalue weighted by Crippen LogP contribution is 2.28. The zero-order valence-corrected chi connectivity index (χ0v) is 16.3. The topological polar surface area (TPSA) is 108 Å². The van der Waals surface area contributed by atoms with Gasteiger partial charge in [0.25, 0.3) is 5.91 Å². The van der Waals surface area contributed by atoms with Crippen molar-refractivity contribution in [3.8, 4) is 11.4 Å². The van der Waals surface area contributed by atoms with Crippen LogP contribution in [0.3, 0.4) is 0 Å². The number of ether oxygens (including phenoxy) is 1. The van der Waals surface area contributed by atoms with Gasteiger partial charge in [-0.2, -0.15) is 0 Å². The molecular formula is C20H24N6O3. The number of nitrogens with one attached hydrogen (secondary N) is 3. The zero-order valence-electron chi connectivity index (χ0n) is 16.3. The molecule has 0 radical (unpaired) electrons. The van der Waals surface area contributed by atoms with E-state index in [4.69, 9.17) is 9.72 Å². The highest BCUT2D eigenvalue weighted by molar-refractivity contribution is 5.96. The number of fused-ring (bicyclic) bond motifs is 1. The molecule has 1 aromatic carbocycles. The van der Waals surface area contributed by atoms with Crippen molar-refractivity contribution in [3.63, 3.8) is 0 Å². The van der Waals surface area contributed by atoms with Crippen LogP contribution in [-0.2, 0) is 11.2 Å². The summed E-state index contributed by atoms with van der Waals surface area (Å²) in [6, 6.07) is 7.01. The third-order valence-corrected chi connectivity index (χ3v) is 4.91. The fourth-order valence-corrected chi connectivity index (χ4v) is 3.48. The third-order valence-electron chi connectivity index (χ3n) is 4.91. The van der Waals surface area contributed by atoms with E-state index in [0.29, 0.717) is 49.9 Å². The lowest BCUT2D eigenvalue weighted by atomic mass is 10.0. The summed E-state index contributed by atoms with van der Waals surface area (Å²) < 4.78 is 5.46. The zero-order chi connectivity index (χ0) is 20.2. The Kier molecular flexibility index (Phi) is 5.57. The van der Waals surface area contributed by atoms with E-state index in [0.717, 1.165) is 30.0 Å². The van der Waals surface area contributed by atoms with Crippen LogP contribution in [0.4, 0.5) is 16.3 Å². The number of anilines is 2. The van der Waals surface area contributed by atoms with Gasteiger partial charge in [-0.3, -0.25) is 4.79 Å². The number of rotatable bonds is 4. The van der Waals surface area contributed by atoms with Crippen LogP contribution in [0.5, 0.6) is 0 Å². The molecule has 9 nitrogen and oxygen atoms in total. The molecule has 2 aromatic rings. The minimum atomic E-state index is -0.253. The first kappa shape index (κ1) is 19.1. The van der Waals surface area contributed by atoms with Crippen molar-refractivity contribution < 1.29 is 14.3 Å². The number of carbonyl (C=O) groups excluding carboxylic acids is 2. The molecule has 2 aliphatic heterocycles. The third kappa shape index (κ3) is 4.14. The molecule has 2 aliphatic rings. The number of hydrogen-bond donors (Lipinski definition) is 3. The number of amides is 3. The van der Waals surface area contributed by atoms with Crippen molar-refractivity contribution in [1.82, 2.24) is 20.6 Å². The van der Waals surface area contributed by atoms with Crippen molar-refractivity contribution in [1.29, 1.82) is 0 Å². The van der Waals surface area contributed by atoms with Crippen molar-refractivity contribution in [2.45, 2.75) is 13.3 Å². The number of hydrogen-bond acceptors (Lipinski definition) is 6. The molecule has 3 heterocycles. The minimum Gasteiger partial charge on any atom is -0.378 e. The Labute approximate surface area is 168 Å². The SMILES string of the molecule is CCNC(=O)Nc1ccc(-c2nc3c(c(N4CCOCC4)n2)CCNC3=O)cc1. The van der Waals surface area contributed by atoms with Gasteiger partial charge >= 0.3 is 6.03 Å². The second kappa shape index (κ2) is 8.44. The van der Waals surface area contributed by atoms with E-state index < -0.39 is 0 Å². The van der Waals surface area contributed by atoms with Gasteiger partial charge in [0.1, 0.15) is 11.5 Å². The lowest BCUT2D eigenvalue weighted by Crippen LogP contribution is -2.40. The largest absolute Gasteiger partial charge is 0.378 e. The van der Waals surface area contributed by atoms with E-state index in [1.54, 1.807) is 12.1 Å². The fraction of sp³-hybridized carbons (Fsp3) is 0.400. The first-order valence-corrected chi connectivity index (χ1v) is 9.83. The molecule has 4 rings (SSSR count). The summed E-state index contributed by atoms with van der Waals surface area (Å²) in [5.74, 6) is 1.14. The molecule has 0 aliphatic carbocycles. The molecule has 3 N–H and O–H groups in total. The molecule has 0 atom stereocenters. The quantitative estimate of drug-likeness (QED) is 0.721. The van der Waals surface area contributed by atoms with Crippen molar-refractivity contribution in [3.05, 3.63) is 35.5 Å². The summed E-state index contributed by atoms with van der Waals surface area (Å²) in [6.45, 7) is 5.75. The maximum atomic E-state index is 12.4. The summed E-state index contributed by atoms with van der Waals surface area (Å²) in [4.78, 5) is 35.7. The van der Waals surface area contributed by atoms with Gasteiger partial charge in [0.15, 0.2) is 5.82 Å². The van der Waals surface area contributed by atoms with Gasteiger partial charge in [-0.15, -0.1) is 0 Å². The molecule has 3 amide bonds. The molecule has 0 bridgehead atoms. The smallest absolute Gasteiger partial charge is 0.319 e. The van der Waals surface area contributed by atoms with Gasteiger partial charge in [-0.25, -0.2) is 14.8 Å². The van der Waals surface area contributed by atoms with Gasteiger partial charge in [-0.1, -0.05) is 0 Å². The molecular weight excluding hydrogens is 372 g/mol. The Morgan fingerprint density at radius 1 is 1.21 bits per heavy atom. The van der Waals surface area contributed by atoms with E-state index in [9.17, 15) is 9.59 Å². The number of aromatic nitrogens is 2. The Hall–Kier alpha value is -3.20. The van der Waals surface area contributed by atoms with Gasteiger partial charge in [-0.05, 0) is 37.6 Å². The number of nitrogens with zero attached hydrogens (tertiary/aromatic N) is 3. The molecule has 1 saturated heterocycles. The number of benzene rings is 1. The van der Waals surface area contributed by atoms with Crippen molar-refractivity contribution in [2.75, 3.05) is 49.6 Å². The molecule has 1 fully saturated rings. The van der Waals surface area contributed by atoms with E-state index in [-0.39, 0.29) is 11.9 Å². The monoisotopic (exact) mass is 396 g/mol. The van der Waals surface area contributed by atoms with Gasteiger partial charge < -0.3 is 25.6 Å². The minimum absolute atomic E-state index is 0.168. The van der Waals surface area contributed by atoms with Crippen LogP contribution in [0.15, 0.2) is 24.3 Å². The summed E-state index contributed by atoms with van der Waals surface area (Å²) in [5.41, 5.74) is 2.78. The Morgan fingerprint density at radius 3 is 2.69 bits per heavy atom. The lowest BCUT2D eigenvalue weighted by Gasteiger charge is -2.31. The average Bonchev–Trinajstić information content (AvgIpc) is 2.75. The van der Waals surface area contributed by atoms with Gasteiger partial charge in [0.05, 0.1) is 13.2 Å². The first-order valence-electron chi connectivity index (χ1n) is 9.83. The summed E-state index contributed by atoms with van der Waals surface area (Å²) in [5, 5.41) is 8.32. The maximum absolute atomic E-state index is 12.4. The predicted octanol–water partition coefficient (Wildman–Crippen LogP) is 1.41. The number of morpholine rings is 1. The Morgan fingerprint density at radius 2 is 1.97 bits per heavy atom. The first-order chi connectivity index (χ1) is 14.2. The normalized spacial score (nSPS) is 16.0. The second-order valence-electron chi connectivity index (χ2n) is 6.87. The van der Waals surface area contributed by atoms with Crippen LogP contribution >= 0.6 is 0 Å². The summed E-state index contributed by atoms with van der Waals surface area (Å²) >= 11 is 0. The average molecular weight is 396 g/mol. The van der Waals surface area contributed by atoms with E-state index >= 15 is 0 Å². The Balaban J connectivity index is 1.67. The number of urea groups is 1. The summed E-state index contributed by atoms with van der Waals surface area (Å²) in [7, 11) is 0. The second-order valence-corrected chi connectivity index (χ2v) is 6.87. The molecule has 0 spiro atoms. The highest BCUT2D eigenvalue weighted by Gasteiger charge is 2.27. The van der Waals surface area contributed by atoms with E-state index in [2.05, 4.69) is 25.8 Å². The van der Waals surface area contributed by atoms with Crippen molar-refractivity contribution in [2.24, 2.45) is 0 Å². The standard InChI is InChI=1S/C20H24N6O3/c1-2-21-20(28)23-14-5-3-13(4-6-14)17-24-16-15(7-8-22-19(16)27)18(25-17)26-9-11-29-12-10-26/h3-6H,2,7-12H2,1H3,(H,22,27)(H2,21,23,28). The molecule has 9 heteroatoms. The van der Waals surface area contributed by atoms with Crippen LogP contribution in [-0.4, -0.2) is 61.3 Å². The van der Waals surface area contributed by atoms with Gasteiger partial charge in [0.2, 0.25) is 0 Å². The number of carbonyl (C=O) groups is 2. The maximum Gasteiger partial charge on any atom is 0.319 e. The Bertz CT molecular complexity index is 909. The van der Waals surface area contributed by atoms with Crippen LogP contribution < -0.4 is 20.9 Å². The van der Waals surface area contributed by atoms with Crippen LogP contribution in [0.2, 0.25) is 0 Å². The highest BCUT2D eigenvalue weighted by atomic mass is 16.5. The molecule has 0 unspecified atom stereocenters. The van der Waals surface area contributed by atoms with Crippen LogP contribution in [0.1, 0.15) is 23.0 Å². The lowest BCUT2D eigenvalue weighted by molar-refractivity contribution is 0.0940. The predicted molar refractivity (Wildman–Crippen MR) is 109 cm³/mol. The molecule has 152 valence electrons. The van der Waals surface area contributed by atoms with E-state index in [1.165, 1.54) is 0 Å². The fourth-order valence-electron chi connectivity index (χ4n) is 3.48. The summed E-state index contributed by atoms with van der Waals surface area (Å²) in [6.07, 6.45) is 0.712.